The van der Waals surface area contributed by atoms with E-state index in [1.54, 1.807) is 12.1 Å². The van der Waals surface area contributed by atoms with E-state index in [2.05, 4.69) is 4.74 Å². The number of aryl methyl sites for hydroxylation is 1. The molecule has 0 amide bonds. The summed E-state index contributed by atoms with van der Waals surface area (Å²) in [5, 5.41) is 9.42. The summed E-state index contributed by atoms with van der Waals surface area (Å²) in [5.41, 5.74) is 0.719. The SMILES string of the molecule is COC(=O)c1cc(O)ccc1OS(=O)(=O)c1ccc(C)cc1. The van der Waals surface area contributed by atoms with Gasteiger partial charge in [-0.3, -0.25) is 0 Å². The molecule has 0 unspecified atom stereocenters. The first-order valence-corrected chi connectivity index (χ1v) is 7.67. The van der Waals surface area contributed by atoms with Crippen LogP contribution in [0.5, 0.6) is 11.5 Å². The van der Waals surface area contributed by atoms with Crippen molar-refractivity contribution in [1.82, 2.24) is 0 Å². The number of hydrogen-bond donors (Lipinski definition) is 1. The number of carbonyl (C=O) groups is 1. The molecule has 2 aromatic carbocycles. The third kappa shape index (κ3) is 3.37. The third-order valence-corrected chi connectivity index (χ3v) is 4.13. The molecule has 2 aromatic rings. The molecule has 0 fully saturated rings. The zero-order chi connectivity index (χ0) is 16.3. The van der Waals surface area contributed by atoms with Crippen LogP contribution < -0.4 is 4.18 Å². The Morgan fingerprint density at radius 2 is 1.73 bits per heavy atom. The summed E-state index contributed by atoms with van der Waals surface area (Å²) in [6.45, 7) is 1.83. The Kier molecular flexibility index (Phi) is 4.37. The van der Waals surface area contributed by atoms with Gasteiger partial charge < -0.3 is 14.0 Å². The second kappa shape index (κ2) is 6.07. The lowest BCUT2D eigenvalue weighted by molar-refractivity contribution is 0.0598. The average molecular weight is 322 g/mol. The van der Waals surface area contributed by atoms with Crippen LogP contribution in [0, 0.1) is 6.92 Å². The largest absolute Gasteiger partial charge is 0.508 e. The predicted molar refractivity (Wildman–Crippen MR) is 78.4 cm³/mol. The fourth-order valence-corrected chi connectivity index (χ4v) is 2.68. The minimum Gasteiger partial charge on any atom is -0.508 e. The third-order valence-electron chi connectivity index (χ3n) is 2.88. The molecule has 6 nitrogen and oxygen atoms in total. The van der Waals surface area contributed by atoms with Gasteiger partial charge in [0.25, 0.3) is 0 Å². The molecule has 22 heavy (non-hydrogen) atoms. The lowest BCUT2D eigenvalue weighted by Gasteiger charge is -2.11. The molecule has 0 aromatic heterocycles. The summed E-state index contributed by atoms with van der Waals surface area (Å²) in [4.78, 5) is 11.6. The lowest BCUT2D eigenvalue weighted by atomic mass is 10.2. The summed E-state index contributed by atoms with van der Waals surface area (Å²) >= 11 is 0. The van der Waals surface area contributed by atoms with Gasteiger partial charge in [-0.15, -0.1) is 0 Å². The van der Waals surface area contributed by atoms with Crippen LogP contribution in [0.4, 0.5) is 0 Å². The standard InChI is InChI=1S/C15H14O6S/c1-10-3-6-12(7-4-10)22(18,19)21-14-8-5-11(16)9-13(14)15(17)20-2/h3-9,16H,1-2H3. The maximum absolute atomic E-state index is 12.2. The molecule has 2 rings (SSSR count). The number of carbonyl (C=O) groups excluding carboxylic acids is 1. The number of phenols is 1. The van der Waals surface area contributed by atoms with E-state index in [1.807, 2.05) is 6.92 Å². The van der Waals surface area contributed by atoms with Gasteiger partial charge in [0, 0.05) is 0 Å². The van der Waals surface area contributed by atoms with E-state index in [9.17, 15) is 18.3 Å². The van der Waals surface area contributed by atoms with E-state index in [1.165, 1.54) is 24.3 Å². The highest BCUT2D eigenvalue weighted by atomic mass is 32.2. The smallest absolute Gasteiger partial charge is 0.341 e. The van der Waals surface area contributed by atoms with Gasteiger partial charge in [-0.25, -0.2) is 4.79 Å². The van der Waals surface area contributed by atoms with E-state index in [0.29, 0.717) is 0 Å². The molecule has 0 aliphatic carbocycles. The van der Waals surface area contributed by atoms with Gasteiger partial charge in [0.2, 0.25) is 0 Å². The molecule has 7 heteroatoms. The Morgan fingerprint density at radius 1 is 1.09 bits per heavy atom. The first kappa shape index (κ1) is 15.8. The molecule has 0 spiro atoms. The fourth-order valence-electron chi connectivity index (χ4n) is 1.73. The lowest BCUT2D eigenvalue weighted by Crippen LogP contribution is -2.13. The van der Waals surface area contributed by atoms with Crippen molar-refractivity contribution >= 4 is 16.1 Å². The molecule has 0 bridgehead atoms. The Bertz CT molecular complexity index is 793. The van der Waals surface area contributed by atoms with Crippen LogP contribution in [0.15, 0.2) is 47.4 Å². The molecular formula is C15H14O6S. The summed E-state index contributed by atoms with van der Waals surface area (Å²) in [5.74, 6) is -1.24. The van der Waals surface area contributed by atoms with Crippen LogP contribution in [0.3, 0.4) is 0 Å². The van der Waals surface area contributed by atoms with Crippen LogP contribution in [-0.2, 0) is 14.9 Å². The highest BCUT2D eigenvalue weighted by Gasteiger charge is 2.22. The van der Waals surface area contributed by atoms with Crippen molar-refractivity contribution < 1.29 is 27.2 Å². The van der Waals surface area contributed by atoms with Gasteiger partial charge in [0.15, 0.2) is 5.75 Å². The fraction of sp³-hybridized carbons (Fsp3) is 0.133. The summed E-state index contributed by atoms with van der Waals surface area (Å²) in [7, 11) is -2.95. The number of methoxy groups -OCH3 is 1. The number of esters is 1. The van der Waals surface area contributed by atoms with E-state index in [0.717, 1.165) is 18.7 Å². The molecular weight excluding hydrogens is 308 g/mol. The first-order chi connectivity index (χ1) is 10.3. The van der Waals surface area contributed by atoms with Crippen LogP contribution in [0.1, 0.15) is 15.9 Å². The van der Waals surface area contributed by atoms with Gasteiger partial charge in [-0.1, -0.05) is 17.7 Å². The molecule has 1 N–H and O–H groups in total. The van der Waals surface area contributed by atoms with Crippen molar-refractivity contribution in [2.24, 2.45) is 0 Å². The maximum Gasteiger partial charge on any atom is 0.341 e. The van der Waals surface area contributed by atoms with Crippen LogP contribution in [0.25, 0.3) is 0 Å². The minimum atomic E-state index is -4.10. The number of benzene rings is 2. The van der Waals surface area contributed by atoms with E-state index in [-0.39, 0.29) is 22.0 Å². The number of phenolic OH excluding ortho intramolecular Hbond substituents is 1. The highest BCUT2D eigenvalue weighted by Crippen LogP contribution is 2.27. The Morgan fingerprint density at radius 3 is 2.32 bits per heavy atom. The molecule has 0 aliphatic heterocycles. The van der Waals surface area contributed by atoms with E-state index >= 15 is 0 Å². The van der Waals surface area contributed by atoms with Gasteiger partial charge in [0.05, 0.1) is 7.11 Å². The number of hydrogen-bond acceptors (Lipinski definition) is 6. The Hall–Kier alpha value is -2.54. The molecule has 0 radical (unpaired) electrons. The average Bonchev–Trinajstić information content (AvgIpc) is 2.48. The van der Waals surface area contributed by atoms with Gasteiger partial charge in [-0.2, -0.15) is 8.42 Å². The van der Waals surface area contributed by atoms with Crippen molar-refractivity contribution in [2.45, 2.75) is 11.8 Å². The summed E-state index contributed by atoms with van der Waals surface area (Å²) in [6, 6.07) is 9.56. The first-order valence-electron chi connectivity index (χ1n) is 6.26. The minimum absolute atomic E-state index is 0.0398. The zero-order valence-corrected chi connectivity index (χ0v) is 12.8. The second-order valence-electron chi connectivity index (χ2n) is 4.52. The monoisotopic (exact) mass is 322 g/mol. The maximum atomic E-state index is 12.2. The number of rotatable bonds is 4. The summed E-state index contributed by atoms with van der Waals surface area (Å²) < 4.78 is 34.0. The topological polar surface area (TPSA) is 89.9 Å². The van der Waals surface area contributed by atoms with Gasteiger partial charge >= 0.3 is 16.1 Å². The van der Waals surface area contributed by atoms with E-state index < -0.39 is 16.1 Å². The van der Waals surface area contributed by atoms with Crippen molar-refractivity contribution in [3.05, 3.63) is 53.6 Å². The van der Waals surface area contributed by atoms with E-state index in [4.69, 9.17) is 4.18 Å². The van der Waals surface area contributed by atoms with Crippen molar-refractivity contribution in [3.63, 3.8) is 0 Å². The van der Waals surface area contributed by atoms with Gasteiger partial charge in [-0.05, 0) is 37.3 Å². The Labute approximate surface area is 128 Å². The summed E-state index contributed by atoms with van der Waals surface area (Å²) in [6.07, 6.45) is 0. The number of aromatic hydroxyl groups is 1. The van der Waals surface area contributed by atoms with Crippen molar-refractivity contribution in [1.29, 1.82) is 0 Å². The van der Waals surface area contributed by atoms with Crippen molar-refractivity contribution in [3.8, 4) is 11.5 Å². The Balaban J connectivity index is 2.41. The van der Waals surface area contributed by atoms with Crippen LogP contribution >= 0.6 is 0 Å². The molecule has 0 saturated heterocycles. The molecule has 0 saturated carbocycles. The zero-order valence-electron chi connectivity index (χ0n) is 11.9. The quantitative estimate of drug-likeness (QED) is 0.686. The molecule has 116 valence electrons. The normalized spacial score (nSPS) is 11.0. The predicted octanol–water partition coefficient (Wildman–Crippen LogP) is 2.25. The van der Waals surface area contributed by atoms with Crippen LogP contribution in [0.2, 0.25) is 0 Å². The molecule has 0 atom stereocenters. The van der Waals surface area contributed by atoms with Gasteiger partial charge in [0.1, 0.15) is 16.2 Å². The second-order valence-corrected chi connectivity index (χ2v) is 6.07. The highest BCUT2D eigenvalue weighted by molar-refractivity contribution is 7.87. The number of ether oxygens (including phenoxy) is 1. The molecule has 0 aliphatic rings. The molecule has 0 heterocycles. The van der Waals surface area contributed by atoms with Crippen LogP contribution in [-0.4, -0.2) is 26.6 Å². The van der Waals surface area contributed by atoms with Crippen molar-refractivity contribution in [2.75, 3.05) is 7.11 Å².